The van der Waals surface area contributed by atoms with Gasteiger partial charge in [0.05, 0.1) is 11.6 Å². The molecular weight excluding hydrogens is 487 g/mol. The van der Waals surface area contributed by atoms with Crippen LogP contribution in [0.25, 0.3) is 12.2 Å². The van der Waals surface area contributed by atoms with Crippen molar-refractivity contribution in [3.63, 3.8) is 0 Å². The van der Waals surface area contributed by atoms with Crippen LogP contribution in [0.3, 0.4) is 0 Å². The van der Waals surface area contributed by atoms with Crippen LogP contribution in [0.4, 0.5) is 4.39 Å². The Balaban J connectivity index is 1.75. The molecule has 0 spiro atoms. The maximum atomic E-state index is 15.1. The number of nitrogens with zero attached hydrogens (tertiary/aromatic N) is 2. The molecule has 4 rings (SSSR count). The third-order valence-corrected chi connectivity index (χ3v) is 7.08. The van der Waals surface area contributed by atoms with Crippen molar-refractivity contribution < 1.29 is 22.0 Å². The summed E-state index contributed by atoms with van der Waals surface area (Å²) in [7, 11) is -2.89. The third-order valence-electron chi connectivity index (χ3n) is 5.44. The highest BCUT2D eigenvalue weighted by Crippen LogP contribution is 2.26. The SMILES string of the molecule is CNS(=O)(=O)c1cccc(C(N)c2c(C)c3c(oc2=O)=CC(Oc2nccc(Cl)n2)CC=3)c1F. The second kappa shape index (κ2) is 9.26. The van der Waals surface area contributed by atoms with E-state index in [9.17, 15) is 13.2 Å². The van der Waals surface area contributed by atoms with Crippen molar-refractivity contribution in [2.45, 2.75) is 30.4 Å². The van der Waals surface area contributed by atoms with Crippen LogP contribution in [0.2, 0.25) is 5.15 Å². The fourth-order valence-corrected chi connectivity index (χ4v) is 4.70. The summed E-state index contributed by atoms with van der Waals surface area (Å²) in [4.78, 5) is 20.3. The summed E-state index contributed by atoms with van der Waals surface area (Å²) in [6, 6.07) is 4.15. The van der Waals surface area contributed by atoms with Gasteiger partial charge in [0.15, 0.2) is 0 Å². The molecule has 0 amide bonds. The van der Waals surface area contributed by atoms with E-state index in [0.717, 1.165) is 6.07 Å². The van der Waals surface area contributed by atoms with Crippen molar-refractivity contribution in [1.82, 2.24) is 14.7 Å². The largest absolute Gasteiger partial charge is 0.455 e. The fraction of sp³-hybridized carbons (Fsp3) is 0.227. The van der Waals surface area contributed by atoms with Crippen molar-refractivity contribution in [1.29, 1.82) is 0 Å². The Labute approximate surface area is 198 Å². The van der Waals surface area contributed by atoms with E-state index >= 15 is 4.39 Å². The molecule has 0 saturated heterocycles. The summed E-state index contributed by atoms with van der Waals surface area (Å²) in [5, 5.41) is 0.835. The van der Waals surface area contributed by atoms with E-state index in [1.54, 1.807) is 19.1 Å². The van der Waals surface area contributed by atoms with Gasteiger partial charge in [-0.3, -0.25) is 0 Å². The van der Waals surface area contributed by atoms with Gasteiger partial charge < -0.3 is 14.9 Å². The molecular formula is C22H20ClFN4O5S. The molecule has 0 aliphatic heterocycles. The molecule has 34 heavy (non-hydrogen) atoms. The molecule has 1 aromatic carbocycles. The van der Waals surface area contributed by atoms with Crippen LogP contribution in [0, 0.1) is 12.7 Å². The van der Waals surface area contributed by atoms with Gasteiger partial charge in [0, 0.05) is 23.4 Å². The highest BCUT2D eigenvalue weighted by molar-refractivity contribution is 7.89. The summed E-state index contributed by atoms with van der Waals surface area (Å²) in [6.07, 6.45) is 4.78. The number of hydrogen-bond donors (Lipinski definition) is 2. The Morgan fingerprint density at radius 2 is 2.12 bits per heavy atom. The lowest BCUT2D eigenvalue weighted by atomic mass is 9.95. The van der Waals surface area contributed by atoms with Crippen molar-refractivity contribution in [3.05, 3.63) is 79.2 Å². The molecule has 3 aromatic rings. The van der Waals surface area contributed by atoms with Crippen LogP contribution < -0.4 is 31.5 Å². The van der Waals surface area contributed by atoms with Crippen LogP contribution >= 0.6 is 11.6 Å². The van der Waals surface area contributed by atoms with Gasteiger partial charge in [-0.15, -0.1) is 0 Å². The second-order valence-corrected chi connectivity index (χ2v) is 9.72. The monoisotopic (exact) mass is 506 g/mol. The summed E-state index contributed by atoms with van der Waals surface area (Å²) in [6.45, 7) is 1.67. The molecule has 2 atom stereocenters. The molecule has 3 N–H and O–H groups in total. The summed E-state index contributed by atoms with van der Waals surface area (Å²) < 4.78 is 52.6. The van der Waals surface area contributed by atoms with E-state index in [2.05, 4.69) is 14.7 Å². The van der Waals surface area contributed by atoms with Gasteiger partial charge in [-0.1, -0.05) is 29.8 Å². The van der Waals surface area contributed by atoms with Gasteiger partial charge in [-0.05, 0) is 37.7 Å². The molecule has 0 bridgehead atoms. The van der Waals surface area contributed by atoms with Crippen LogP contribution in [0.1, 0.15) is 29.2 Å². The number of nitrogens with two attached hydrogens (primary N) is 1. The molecule has 1 aliphatic rings. The lowest BCUT2D eigenvalue weighted by Gasteiger charge is -2.19. The maximum Gasteiger partial charge on any atom is 0.341 e. The van der Waals surface area contributed by atoms with E-state index in [4.69, 9.17) is 26.5 Å². The molecule has 0 fully saturated rings. The second-order valence-electron chi connectivity index (χ2n) is 7.48. The Morgan fingerprint density at radius 1 is 1.35 bits per heavy atom. The van der Waals surface area contributed by atoms with Crippen LogP contribution in [-0.2, 0) is 10.0 Å². The molecule has 178 valence electrons. The Bertz CT molecular complexity index is 1560. The molecule has 0 saturated carbocycles. The highest BCUT2D eigenvalue weighted by atomic mass is 35.5. The number of hydrogen-bond acceptors (Lipinski definition) is 8. The Hall–Kier alpha value is -3.12. The molecule has 9 nitrogen and oxygen atoms in total. The molecule has 2 heterocycles. The van der Waals surface area contributed by atoms with Crippen molar-refractivity contribution >= 4 is 33.8 Å². The minimum absolute atomic E-state index is 0.0267. The van der Waals surface area contributed by atoms with E-state index in [-0.39, 0.29) is 27.7 Å². The molecule has 2 unspecified atom stereocenters. The first kappa shape index (κ1) is 24.0. The van der Waals surface area contributed by atoms with E-state index in [0.29, 0.717) is 17.2 Å². The average Bonchev–Trinajstić information content (AvgIpc) is 2.78. The van der Waals surface area contributed by atoms with Crippen LogP contribution in [-0.4, -0.2) is 31.5 Å². The third kappa shape index (κ3) is 4.47. The lowest BCUT2D eigenvalue weighted by molar-refractivity contribution is 0.245. The number of sulfonamides is 1. The van der Waals surface area contributed by atoms with Gasteiger partial charge in [-0.25, -0.2) is 27.3 Å². The van der Waals surface area contributed by atoms with Gasteiger partial charge in [0.25, 0.3) is 0 Å². The first-order chi connectivity index (χ1) is 16.1. The van der Waals surface area contributed by atoms with Crippen molar-refractivity contribution in [2.24, 2.45) is 5.73 Å². The number of ether oxygens (including phenoxy) is 1. The van der Waals surface area contributed by atoms with E-state index in [1.165, 1.54) is 31.4 Å². The maximum absolute atomic E-state index is 15.1. The topological polar surface area (TPSA) is 137 Å². The predicted molar refractivity (Wildman–Crippen MR) is 123 cm³/mol. The Kier molecular flexibility index (Phi) is 6.54. The van der Waals surface area contributed by atoms with Crippen LogP contribution in [0.15, 0.2) is 44.6 Å². The lowest BCUT2D eigenvalue weighted by Crippen LogP contribution is -2.40. The van der Waals surface area contributed by atoms with Gasteiger partial charge in [0.2, 0.25) is 10.0 Å². The smallest absolute Gasteiger partial charge is 0.341 e. The van der Waals surface area contributed by atoms with Crippen molar-refractivity contribution in [2.75, 3.05) is 7.05 Å². The summed E-state index contributed by atoms with van der Waals surface area (Å²) >= 11 is 5.85. The van der Waals surface area contributed by atoms with Gasteiger partial charge in [0.1, 0.15) is 27.4 Å². The number of benzene rings is 1. The highest BCUT2D eigenvalue weighted by Gasteiger charge is 2.26. The average molecular weight is 507 g/mol. The first-order valence-electron chi connectivity index (χ1n) is 10.1. The summed E-state index contributed by atoms with van der Waals surface area (Å²) in [5.74, 6) is -1.04. The Morgan fingerprint density at radius 3 is 2.82 bits per heavy atom. The minimum Gasteiger partial charge on any atom is -0.455 e. The fourth-order valence-electron chi connectivity index (χ4n) is 3.74. The molecule has 2 aromatic heterocycles. The molecule has 1 aliphatic carbocycles. The number of nitrogens with one attached hydrogen (secondary N) is 1. The van der Waals surface area contributed by atoms with E-state index < -0.39 is 38.5 Å². The van der Waals surface area contributed by atoms with Gasteiger partial charge in [-0.2, -0.15) is 4.98 Å². The first-order valence-corrected chi connectivity index (χ1v) is 12.0. The zero-order chi connectivity index (χ0) is 24.6. The van der Waals surface area contributed by atoms with E-state index in [1.807, 2.05) is 0 Å². The van der Waals surface area contributed by atoms with Gasteiger partial charge >= 0.3 is 11.6 Å². The summed E-state index contributed by atoms with van der Waals surface area (Å²) in [5.41, 5.74) is 6.13. The quantitative estimate of drug-likeness (QED) is 0.470. The minimum atomic E-state index is -4.06. The number of aromatic nitrogens is 2. The molecule has 0 radical (unpaired) electrons. The number of halogens is 2. The standard InChI is InChI=1S/C22H20ClFN4O5S/c1-11-13-7-6-12(32-22-27-9-8-17(23)28-22)10-15(13)33-21(29)18(11)20(25)14-4-3-5-16(19(14)24)34(30,31)26-2/h3-5,7-10,12,20,26H,6,25H2,1-2H3. The van der Waals surface area contributed by atoms with Crippen LogP contribution in [0.5, 0.6) is 6.01 Å². The zero-order valence-corrected chi connectivity index (χ0v) is 19.7. The predicted octanol–water partition coefficient (Wildman–Crippen LogP) is 0.899. The van der Waals surface area contributed by atoms with Crippen molar-refractivity contribution in [3.8, 4) is 6.01 Å². The number of fused-ring (bicyclic) bond motifs is 1. The number of rotatable bonds is 6. The normalized spacial score (nSPS) is 16.2. The zero-order valence-electron chi connectivity index (χ0n) is 18.1. The molecule has 12 heteroatoms.